The molecule has 234 valence electrons. The van der Waals surface area contributed by atoms with E-state index < -0.39 is 18.2 Å². The summed E-state index contributed by atoms with van der Waals surface area (Å²) in [4.78, 5) is 43.0. The number of aryl methyl sites for hydroxylation is 2. The Balaban J connectivity index is 1.40. The van der Waals surface area contributed by atoms with Crippen LogP contribution in [0.4, 0.5) is 26.7 Å². The Morgan fingerprint density at radius 2 is 1.91 bits per heavy atom. The molecule has 2 aliphatic heterocycles. The lowest BCUT2D eigenvalue weighted by Crippen LogP contribution is -2.50. The van der Waals surface area contributed by atoms with E-state index in [0.717, 1.165) is 0 Å². The summed E-state index contributed by atoms with van der Waals surface area (Å²) in [5, 5.41) is 22.2. The third-order valence-corrected chi connectivity index (χ3v) is 7.64. The van der Waals surface area contributed by atoms with Crippen LogP contribution in [0.2, 0.25) is 0 Å². The van der Waals surface area contributed by atoms with Crippen molar-refractivity contribution >= 4 is 35.0 Å². The van der Waals surface area contributed by atoms with Gasteiger partial charge in [0.25, 0.3) is 5.91 Å². The van der Waals surface area contributed by atoms with E-state index in [2.05, 4.69) is 21.1 Å². The molecule has 4 N–H and O–H groups in total. The smallest absolute Gasteiger partial charge is 0.323 e. The van der Waals surface area contributed by atoms with Gasteiger partial charge < -0.3 is 49.6 Å². The molecule has 3 atom stereocenters. The number of amides is 5. The van der Waals surface area contributed by atoms with Crippen LogP contribution in [0, 0.1) is 19.8 Å². The first-order valence-electron chi connectivity index (χ1n) is 14.2. The van der Waals surface area contributed by atoms with E-state index >= 15 is 0 Å². The predicted molar refractivity (Wildman–Crippen MR) is 160 cm³/mol. The third kappa shape index (κ3) is 6.34. The van der Waals surface area contributed by atoms with E-state index in [-0.39, 0.29) is 61.3 Å². The van der Waals surface area contributed by atoms with Gasteiger partial charge in [0.05, 0.1) is 30.4 Å². The Labute approximate surface area is 254 Å². The van der Waals surface area contributed by atoms with Gasteiger partial charge in [0.2, 0.25) is 6.79 Å². The lowest BCUT2D eigenvalue weighted by atomic mass is 9.99. The van der Waals surface area contributed by atoms with Crippen molar-refractivity contribution in [1.82, 2.24) is 15.0 Å². The lowest BCUT2D eigenvalue weighted by molar-refractivity contribution is 0.0373. The standard InChI is InChI=1S/C30H36N6O8/c1-16-12-36(17(2)14-37)28(38)21-7-6-8-22(32-29(39)33-26-18(3)34-44-19(26)4)27(21)43-25(16)13-35(5)30(40)31-20-9-10-23-24(11-20)42-15-41-23/h6-11,16-17,25,37H,12-15H2,1-5H3,(H,31,40)(H2,32,33,39)/t16-,17-,25-/m1/s1. The number of fused-ring (bicyclic) bond motifs is 2. The molecule has 0 unspecified atom stereocenters. The van der Waals surface area contributed by atoms with Crippen LogP contribution in [-0.2, 0) is 0 Å². The van der Waals surface area contributed by atoms with E-state index in [1.807, 2.05) is 6.92 Å². The van der Waals surface area contributed by atoms with Crippen LogP contribution in [-0.4, -0.2) is 83.7 Å². The number of para-hydroxylation sites is 1. The molecule has 5 amide bonds. The van der Waals surface area contributed by atoms with Gasteiger partial charge in [0, 0.05) is 31.3 Å². The monoisotopic (exact) mass is 608 g/mol. The second-order valence-corrected chi connectivity index (χ2v) is 11.0. The number of aliphatic hydroxyl groups excluding tert-OH is 1. The minimum absolute atomic E-state index is 0.123. The molecule has 14 nitrogen and oxygen atoms in total. The quantitative estimate of drug-likeness (QED) is 0.309. The molecule has 0 saturated heterocycles. The second kappa shape index (κ2) is 12.7. The van der Waals surface area contributed by atoms with Crippen molar-refractivity contribution in [2.75, 3.05) is 49.5 Å². The SMILES string of the molecule is Cc1noc(C)c1NC(=O)Nc1cccc2c1O[C@H](CN(C)C(=O)Nc1ccc3c(c1)OCO3)[C@H](C)CN([C@H](C)CO)C2=O. The van der Waals surface area contributed by atoms with Gasteiger partial charge in [-0.05, 0) is 45.0 Å². The fourth-order valence-electron chi connectivity index (χ4n) is 5.03. The van der Waals surface area contributed by atoms with Crippen molar-refractivity contribution in [3.63, 3.8) is 0 Å². The maximum absolute atomic E-state index is 13.7. The number of ether oxygens (including phenoxy) is 3. The number of likely N-dealkylation sites (N-methyl/N-ethyl adjacent to an activating group) is 1. The number of urea groups is 2. The van der Waals surface area contributed by atoms with Crippen molar-refractivity contribution < 1.29 is 38.2 Å². The fourth-order valence-corrected chi connectivity index (χ4v) is 5.03. The molecule has 2 aliphatic rings. The molecule has 2 aromatic carbocycles. The Morgan fingerprint density at radius 1 is 1.14 bits per heavy atom. The molecule has 1 aromatic heterocycles. The van der Waals surface area contributed by atoms with E-state index in [1.54, 1.807) is 69.1 Å². The highest BCUT2D eigenvalue weighted by Gasteiger charge is 2.35. The van der Waals surface area contributed by atoms with Gasteiger partial charge in [-0.1, -0.05) is 18.1 Å². The predicted octanol–water partition coefficient (Wildman–Crippen LogP) is 4.05. The van der Waals surface area contributed by atoms with Gasteiger partial charge in [0.1, 0.15) is 17.5 Å². The van der Waals surface area contributed by atoms with E-state index in [0.29, 0.717) is 34.3 Å². The molecular weight excluding hydrogens is 572 g/mol. The average molecular weight is 609 g/mol. The van der Waals surface area contributed by atoms with Crippen molar-refractivity contribution in [3.8, 4) is 17.2 Å². The van der Waals surface area contributed by atoms with Crippen LogP contribution in [0.25, 0.3) is 0 Å². The summed E-state index contributed by atoms with van der Waals surface area (Å²) in [7, 11) is 1.64. The number of benzene rings is 2. The molecule has 0 bridgehead atoms. The first kappa shape index (κ1) is 30.5. The molecule has 3 aromatic rings. The Bertz CT molecular complexity index is 1540. The van der Waals surface area contributed by atoms with Crippen LogP contribution >= 0.6 is 0 Å². The number of carbonyl (C=O) groups is 3. The maximum Gasteiger partial charge on any atom is 0.323 e. The summed E-state index contributed by atoms with van der Waals surface area (Å²) in [5.74, 6) is 1.12. The molecule has 0 saturated carbocycles. The molecule has 0 aliphatic carbocycles. The summed E-state index contributed by atoms with van der Waals surface area (Å²) in [6.45, 7) is 7.34. The molecule has 0 radical (unpaired) electrons. The number of rotatable bonds is 7. The minimum atomic E-state index is -0.601. The highest BCUT2D eigenvalue weighted by molar-refractivity contribution is 6.04. The topological polar surface area (TPSA) is 168 Å². The lowest BCUT2D eigenvalue weighted by Gasteiger charge is -2.38. The molecule has 14 heteroatoms. The van der Waals surface area contributed by atoms with Crippen molar-refractivity contribution in [2.24, 2.45) is 5.92 Å². The molecular formula is C30H36N6O8. The highest BCUT2D eigenvalue weighted by atomic mass is 16.7. The normalized spacial score (nSPS) is 18.0. The number of nitrogens with one attached hydrogen (secondary N) is 3. The zero-order chi connectivity index (χ0) is 31.5. The molecule has 3 heterocycles. The van der Waals surface area contributed by atoms with Gasteiger partial charge in [-0.25, -0.2) is 9.59 Å². The van der Waals surface area contributed by atoms with Crippen LogP contribution in [0.5, 0.6) is 17.2 Å². The largest absolute Gasteiger partial charge is 0.485 e. The average Bonchev–Trinajstić information content (AvgIpc) is 3.60. The third-order valence-electron chi connectivity index (χ3n) is 7.64. The van der Waals surface area contributed by atoms with Crippen LogP contribution in [0.1, 0.15) is 35.7 Å². The Hall–Kier alpha value is -4.98. The van der Waals surface area contributed by atoms with E-state index in [4.69, 9.17) is 18.7 Å². The number of carbonyl (C=O) groups excluding carboxylic acids is 3. The van der Waals surface area contributed by atoms with Crippen LogP contribution in [0.3, 0.4) is 0 Å². The number of hydrogen-bond acceptors (Lipinski definition) is 9. The van der Waals surface area contributed by atoms with E-state index in [1.165, 1.54) is 4.90 Å². The zero-order valence-corrected chi connectivity index (χ0v) is 25.2. The van der Waals surface area contributed by atoms with Crippen molar-refractivity contribution in [2.45, 2.75) is 39.8 Å². The van der Waals surface area contributed by atoms with Gasteiger partial charge in [-0.3, -0.25) is 4.79 Å². The number of aromatic nitrogens is 1. The molecule has 44 heavy (non-hydrogen) atoms. The second-order valence-electron chi connectivity index (χ2n) is 11.0. The Morgan fingerprint density at radius 3 is 2.64 bits per heavy atom. The number of nitrogens with zero attached hydrogens (tertiary/aromatic N) is 3. The van der Waals surface area contributed by atoms with E-state index in [9.17, 15) is 19.5 Å². The van der Waals surface area contributed by atoms with Crippen molar-refractivity contribution in [1.29, 1.82) is 0 Å². The first-order chi connectivity index (χ1) is 21.0. The number of aliphatic hydroxyl groups is 1. The fraction of sp³-hybridized carbons (Fsp3) is 0.400. The summed E-state index contributed by atoms with van der Waals surface area (Å²) >= 11 is 0. The zero-order valence-electron chi connectivity index (χ0n) is 25.2. The van der Waals surface area contributed by atoms with Gasteiger partial charge in [0.15, 0.2) is 23.0 Å². The summed E-state index contributed by atoms with van der Waals surface area (Å²) in [5.41, 5.74) is 1.94. The van der Waals surface area contributed by atoms with Crippen LogP contribution in [0.15, 0.2) is 40.9 Å². The Kier molecular flexibility index (Phi) is 8.81. The molecule has 0 spiro atoms. The summed E-state index contributed by atoms with van der Waals surface area (Å²) in [6.07, 6.45) is -0.601. The number of hydrogen-bond donors (Lipinski definition) is 4. The highest BCUT2D eigenvalue weighted by Crippen LogP contribution is 2.36. The minimum Gasteiger partial charge on any atom is -0.485 e. The van der Waals surface area contributed by atoms with Gasteiger partial charge >= 0.3 is 12.1 Å². The number of anilines is 3. The molecule has 5 rings (SSSR count). The van der Waals surface area contributed by atoms with Crippen LogP contribution < -0.4 is 30.2 Å². The summed E-state index contributed by atoms with van der Waals surface area (Å²) < 4.78 is 22.4. The van der Waals surface area contributed by atoms with Gasteiger partial charge in [-0.2, -0.15) is 0 Å². The van der Waals surface area contributed by atoms with Gasteiger partial charge in [-0.15, -0.1) is 0 Å². The maximum atomic E-state index is 13.7. The summed E-state index contributed by atoms with van der Waals surface area (Å²) in [6, 6.07) is 8.54. The van der Waals surface area contributed by atoms with Crippen molar-refractivity contribution in [3.05, 3.63) is 53.4 Å². The first-order valence-corrected chi connectivity index (χ1v) is 14.2. The molecule has 0 fully saturated rings.